The van der Waals surface area contributed by atoms with Gasteiger partial charge in [-0.1, -0.05) is 51.1 Å². The Morgan fingerprint density at radius 2 is 1.56 bits per heavy atom. The van der Waals surface area contributed by atoms with Crippen LogP contribution >= 0.6 is 0 Å². The van der Waals surface area contributed by atoms with Gasteiger partial charge in [-0.05, 0) is 36.2 Å². The SMILES string of the molecule is CCN1CCN(Cc2ccc(NC(=O)Nc3cn(CC(C)C)c(=O)c4ccccc34)cc2)CC1. The first kappa shape index (κ1) is 24.0. The Morgan fingerprint density at radius 3 is 2.21 bits per heavy atom. The topological polar surface area (TPSA) is 69.6 Å². The summed E-state index contributed by atoms with van der Waals surface area (Å²) in [4.78, 5) is 30.6. The van der Waals surface area contributed by atoms with Crippen LogP contribution in [0.4, 0.5) is 16.2 Å². The number of nitrogens with zero attached hydrogens (tertiary/aromatic N) is 3. The van der Waals surface area contributed by atoms with Crippen LogP contribution in [0.15, 0.2) is 59.5 Å². The monoisotopic (exact) mass is 461 g/mol. The third kappa shape index (κ3) is 5.85. The van der Waals surface area contributed by atoms with Crippen LogP contribution in [0, 0.1) is 5.92 Å². The van der Waals surface area contributed by atoms with Crippen molar-refractivity contribution in [3.8, 4) is 0 Å². The van der Waals surface area contributed by atoms with Gasteiger partial charge < -0.3 is 20.1 Å². The molecule has 7 nitrogen and oxygen atoms in total. The predicted molar refractivity (Wildman–Crippen MR) is 140 cm³/mol. The van der Waals surface area contributed by atoms with Crippen molar-refractivity contribution in [1.29, 1.82) is 0 Å². The number of fused-ring (bicyclic) bond motifs is 1. The van der Waals surface area contributed by atoms with Crippen molar-refractivity contribution >= 4 is 28.2 Å². The summed E-state index contributed by atoms with van der Waals surface area (Å²) >= 11 is 0. The lowest BCUT2D eigenvalue weighted by atomic mass is 10.1. The molecular weight excluding hydrogens is 426 g/mol. The van der Waals surface area contributed by atoms with E-state index in [-0.39, 0.29) is 11.6 Å². The van der Waals surface area contributed by atoms with Crippen LogP contribution in [0.1, 0.15) is 26.3 Å². The summed E-state index contributed by atoms with van der Waals surface area (Å²) in [6.45, 7) is 13.4. The van der Waals surface area contributed by atoms with E-state index >= 15 is 0 Å². The van der Waals surface area contributed by atoms with Crippen molar-refractivity contribution in [2.24, 2.45) is 5.92 Å². The number of nitrogens with one attached hydrogen (secondary N) is 2. The Balaban J connectivity index is 1.42. The first-order chi connectivity index (χ1) is 16.4. The van der Waals surface area contributed by atoms with Crippen LogP contribution in [0.2, 0.25) is 0 Å². The molecule has 0 unspecified atom stereocenters. The van der Waals surface area contributed by atoms with E-state index in [1.54, 1.807) is 16.8 Å². The molecule has 4 rings (SSSR count). The molecule has 0 aliphatic carbocycles. The Kier molecular flexibility index (Phi) is 7.65. The van der Waals surface area contributed by atoms with Crippen molar-refractivity contribution in [2.45, 2.75) is 33.9 Å². The number of likely N-dealkylation sites (N-methyl/N-ethyl adjacent to an activating group) is 1. The fourth-order valence-electron chi connectivity index (χ4n) is 4.47. The number of pyridine rings is 1. The van der Waals surface area contributed by atoms with Gasteiger partial charge in [0.15, 0.2) is 0 Å². The highest BCUT2D eigenvalue weighted by atomic mass is 16.2. The molecule has 3 aromatic rings. The molecule has 1 aliphatic heterocycles. The second kappa shape index (κ2) is 10.8. The first-order valence-electron chi connectivity index (χ1n) is 12.2. The largest absolute Gasteiger partial charge is 0.323 e. The zero-order valence-electron chi connectivity index (χ0n) is 20.4. The molecule has 7 heteroatoms. The number of hydrogen-bond donors (Lipinski definition) is 2. The smallest absolute Gasteiger partial charge is 0.313 e. The molecule has 1 fully saturated rings. The number of aromatic nitrogens is 1. The van der Waals surface area contributed by atoms with Crippen LogP contribution in [-0.4, -0.2) is 53.1 Å². The summed E-state index contributed by atoms with van der Waals surface area (Å²) in [7, 11) is 0. The highest BCUT2D eigenvalue weighted by Gasteiger charge is 2.16. The average molecular weight is 462 g/mol. The van der Waals surface area contributed by atoms with E-state index < -0.39 is 0 Å². The fourth-order valence-corrected chi connectivity index (χ4v) is 4.47. The van der Waals surface area contributed by atoms with Gasteiger partial charge in [0.2, 0.25) is 0 Å². The van der Waals surface area contributed by atoms with E-state index in [1.165, 1.54) is 5.56 Å². The van der Waals surface area contributed by atoms with Gasteiger partial charge in [0.1, 0.15) is 0 Å². The Labute approximate surface area is 201 Å². The lowest BCUT2D eigenvalue weighted by Gasteiger charge is -2.34. The van der Waals surface area contributed by atoms with Crippen LogP contribution < -0.4 is 16.2 Å². The molecule has 1 aromatic heterocycles. The van der Waals surface area contributed by atoms with Crippen LogP contribution in [0.3, 0.4) is 0 Å². The van der Waals surface area contributed by atoms with Gasteiger partial charge in [-0.25, -0.2) is 4.79 Å². The Morgan fingerprint density at radius 1 is 0.912 bits per heavy atom. The molecule has 0 bridgehead atoms. The first-order valence-corrected chi connectivity index (χ1v) is 12.2. The molecule has 2 amide bonds. The van der Waals surface area contributed by atoms with Crippen LogP contribution in [0.25, 0.3) is 10.8 Å². The molecule has 1 aliphatic rings. The van der Waals surface area contributed by atoms with Crippen LogP contribution in [0.5, 0.6) is 0 Å². The van der Waals surface area contributed by atoms with Gasteiger partial charge in [0.05, 0.1) is 5.69 Å². The maximum absolute atomic E-state index is 12.8. The van der Waals surface area contributed by atoms with E-state index in [2.05, 4.69) is 53.3 Å². The van der Waals surface area contributed by atoms with E-state index in [4.69, 9.17) is 0 Å². The molecule has 0 radical (unpaired) electrons. The van der Waals surface area contributed by atoms with Crippen molar-refractivity contribution < 1.29 is 4.79 Å². The molecule has 2 aromatic carbocycles. The summed E-state index contributed by atoms with van der Waals surface area (Å²) in [5.41, 5.74) is 2.55. The zero-order chi connectivity index (χ0) is 24.1. The number of carbonyl (C=O) groups is 1. The number of rotatable bonds is 7. The molecular formula is C27H35N5O2. The molecule has 0 atom stereocenters. The van der Waals surface area contributed by atoms with Crippen molar-refractivity contribution in [3.05, 3.63) is 70.6 Å². The number of benzene rings is 2. The maximum Gasteiger partial charge on any atom is 0.323 e. The minimum Gasteiger partial charge on any atom is -0.313 e. The number of carbonyl (C=O) groups excluding carboxylic acids is 1. The molecule has 34 heavy (non-hydrogen) atoms. The minimum atomic E-state index is -0.330. The van der Waals surface area contributed by atoms with E-state index in [1.807, 2.05) is 30.3 Å². The van der Waals surface area contributed by atoms with Crippen molar-refractivity contribution in [3.63, 3.8) is 0 Å². The second-order valence-corrected chi connectivity index (χ2v) is 9.43. The molecule has 180 valence electrons. The number of amides is 2. The number of anilines is 2. The highest BCUT2D eigenvalue weighted by molar-refractivity contribution is 6.05. The average Bonchev–Trinajstić information content (AvgIpc) is 2.83. The highest BCUT2D eigenvalue weighted by Crippen LogP contribution is 2.21. The Bertz CT molecular complexity index is 1180. The quantitative estimate of drug-likeness (QED) is 0.546. The molecule has 2 heterocycles. The normalized spacial score (nSPS) is 15.1. The van der Waals surface area contributed by atoms with Crippen LogP contribution in [-0.2, 0) is 13.1 Å². The predicted octanol–water partition coefficient (Wildman–Crippen LogP) is 4.44. The van der Waals surface area contributed by atoms with Crippen molar-refractivity contribution in [2.75, 3.05) is 43.4 Å². The summed E-state index contributed by atoms with van der Waals surface area (Å²) in [5, 5.41) is 7.20. The molecule has 1 saturated heterocycles. The van der Waals surface area contributed by atoms with E-state index in [0.29, 0.717) is 23.5 Å². The lowest BCUT2D eigenvalue weighted by Crippen LogP contribution is -2.45. The third-order valence-electron chi connectivity index (χ3n) is 6.33. The third-order valence-corrected chi connectivity index (χ3v) is 6.33. The second-order valence-electron chi connectivity index (χ2n) is 9.43. The van der Waals surface area contributed by atoms with Gasteiger partial charge in [-0.3, -0.25) is 9.69 Å². The fraction of sp³-hybridized carbons (Fsp3) is 0.407. The van der Waals surface area contributed by atoms with Gasteiger partial charge in [-0.15, -0.1) is 0 Å². The maximum atomic E-state index is 12.8. The van der Waals surface area contributed by atoms with E-state index in [9.17, 15) is 9.59 Å². The number of urea groups is 1. The minimum absolute atomic E-state index is 0.0399. The molecule has 0 saturated carbocycles. The summed E-state index contributed by atoms with van der Waals surface area (Å²) in [6.07, 6.45) is 1.74. The number of hydrogen-bond acceptors (Lipinski definition) is 4. The number of piperazine rings is 1. The summed E-state index contributed by atoms with van der Waals surface area (Å²) in [6, 6.07) is 15.1. The molecule has 0 spiro atoms. The van der Waals surface area contributed by atoms with Gasteiger partial charge >= 0.3 is 6.03 Å². The summed E-state index contributed by atoms with van der Waals surface area (Å²) < 4.78 is 1.68. The lowest BCUT2D eigenvalue weighted by molar-refractivity contribution is 0.132. The zero-order valence-corrected chi connectivity index (χ0v) is 20.4. The van der Waals surface area contributed by atoms with Crippen molar-refractivity contribution in [1.82, 2.24) is 14.4 Å². The van der Waals surface area contributed by atoms with Gasteiger partial charge in [-0.2, -0.15) is 0 Å². The molecule has 2 N–H and O–H groups in total. The summed E-state index contributed by atoms with van der Waals surface area (Å²) in [5.74, 6) is 0.314. The van der Waals surface area contributed by atoms with Gasteiger partial charge in [0, 0.05) is 61.9 Å². The van der Waals surface area contributed by atoms with Gasteiger partial charge in [0.25, 0.3) is 5.56 Å². The van der Waals surface area contributed by atoms with E-state index in [0.717, 1.165) is 50.3 Å². The standard InChI is InChI=1S/C27H35N5O2/c1-4-30-13-15-31(16-14-30)18-21-9-11-22(12-10-21)28-27(34)29-25-19-32(17-20(2)3)26(33)24-8-6-5-7-23(24)25/h5-12,19-20H,4,13-18H2,1-3H3,(H2,28,29,34). The Hall–Kier alpha value is -3.16.